The monoisotopic (exact) mass is 252 g/mol. The van der Waals surface area contributed by atoms with Crippen LogP contribution in [0.25, 0.3) is 0 Å². The molecule has 2 aliphatic rings. The normalized spacial score (nSPS) is 28.7. The van der Waals surface area contributed by atoms with Crippen molar-refractivity contribution in [3.05, 3.63) is 0 Å². The highest BCUT2D eigenvalue weighted by Gasteiger charge is 2.29. The van der Waals surface area contributed by atoms with Gasteiger partial charge in [0.05, 0.1) is 0 Å². The number of rotatable bonds is 4. The highest BCUT2D eigenvalue weighted by Crippen LogP contribution is 2.26. The third-order valence-electron chi connectivity index (χ3n) is 5.13. The number of nitrogens with zero attached hydrogens (tertiary/aromatic N) is 2. The molecular weight excluding hydrogens is 220 g/mol. The van der Waals surface area contributed by atoms with E-state index in [0.717, 1.165) is 23.9 Å². The van der Waals surface area contributed by atoms with E-state index in [-0.39, 0.29) is 0 Å². The predicted molar refractivity (Wildman–Crippen MR) is 78.9 cm³/mol. The van der Waals surface area contributed by atoms with Crippen molar-refractivity contribution in [2.45, 2.75) is 65.5 Å². The first-order valence-electron chi connectivity index (χ1n) is 8.06. The maximum atomic E-state index is 2.73. The molecule has 0 aromatic heterocycles. The van der Waals surface area contributed by atoms with Crippen molar-refractivity contribution >= 4 is 0 Å². The first kappa shape index (κ1) is 14.3. The molecule has 2 rings (SSSR count). The van der Waals surface area contributed by atoms with Gasteiger partial charge in [-0.1, -0.05) is 13.8 Å². The molecule has 0 aromatic rings. The minimum Gasteiger partial charge on any atom is -0.302 e. The van der Waals surface area contributed by atoms with Crippen molar-refractivity contribution in [1.29, 1.82) is 0 Å². The maximum Gasteiger partial charge on any atom is 0.0226 e. The molecule has 0 aliphatic carbocycles. The molecule has 0 bridgehead atoms. The molecule has 2 saturated heterocycles. The topological polar surface area (TPSA) is 6.48 Å². The molecule has 0 aromatic carbocycles. The minimum absolute atomic E-state index is 0.728. The minimum atomic E-state index is 0.728. The van der Waals surface area contributed by atoms with Crippen molar-refractivity contribution in [3.63, 3.8) is 0 Å². The molecule has 1 unspecified atom stereocenters. The Labute approximate surface area is 114 Å². The van der Waals surface area contributed by atoms with E-state index in [4.69, 9.17) is 0 Å². The van der Waals surface area contributed by atoms with Crippen LogP contribution < -0.4 is 0 Å². The van der Waals surface area contributed by atoms with Crippen molar-refractivity contribution < 1.29 is 0 Å². The van der Waals surface area contributed by atoms with E-state index in [9.17, 15) is 0 Å². The van der Waals surface area contributed by atoms with Gasteiger partial charge in [0, 0.05) is 18.6 Å². The van der Waals surface area contributed by atoms with E-state index in [2.05, 4.69) is 37.5 Å². The van der Waals surface area contributed by atoms with Gasteiger partial charge in [-0.05, 0) is 71.0 Å². The quantitative estimate of drug-likeness (QED) is 0.758. The summed E-state index contributed by atoms with van der Waals surface area (Å²) >= 11 is 0. The zero-order chi connectivity index (χ0) is 13.1. The van der Waals surface area contributed by atoms with E-state index in [1.165, 1.54) is 51.9 Å². The molecule has 2 heteroatoms. The van der Waals surface area contributed by atoms with Gasteiger partial charge in [0.2, 0.25) is 0 Å². The molecule has 2 fully saturated rings. The lowest BCUT2D eigenvalue weighted by molar-refractivity contribution is 0.107. The van der Waals surface area contributed by atoms with Gasteiger partial charge in [0.15, 0.2) is 0 Å². The van der Waals surface area contributed by atoms with Gasteiger partial charge in [-0.2, -0.15) is 0 Å². The van der Waals surface area contributed by atoms with Gasteiger partial charge in [0.1, 0.15) is 0 Å². The third kappa shape index (κ3) is 3.48. The standard InChI is InChI=1S/C16H32N2/c1-13(2)15-7-10-17(11-8-15)12-16-6-5-9-18(16)14(3)4/h13-16H,5-12H2,1-4H3. The van der Waals surface area contributed by atoms with E-state index in [1.807, 2.05) is 0 Å². The van der Waals surface area contributed by atoms with Crippen LogP contribution in [0.1, 0.15) is 53.4 Å². The highest BCUT2D eigenvalue weighted by atomic mass is 15.2. The summed E-state index contributed by atoms with van der Waals surface area (Å²) in [5.41, 5.74) is 0. The molecule has 0 radical (unpaired) electrons. The second-order valence-electron chi connectivity index (χ2n) is 7.01. The zero-order valence-corrected chi connectivity index (χ0v) is 12.9. The Hall–Kier alpha value is -0.0800. The Bertz CT molecular complexity index is 241. The van der Waals surface area contributed by atoms with Gasteiger partial charge >= 0.3 is 0 Å². The van der Waals surface area contributed by atoms with Crippen molar-refractivity contribution in [3.8, 4) is 0 Å². The Morgan fingerprint density at radius 2 is 1.61 bits per heavy atom. The molecule has 0 spiro atoms. The molecular formula is C16H32N2. The van der Waals surface area contributed by atoms with Crippen LogP contribution in [0.4, 0.5) is 0 Å². The predicted octanol–water partition coefficient (Wildman–Crippen LogP) is 3.23. The van der Waals surface area contributed by atoms with Crippen LogP contribution in [0.3, 0.4) is 0 Å². The second-order valence-corrected chi connectivity index (χ2v) is 7.01. The van der Waals surface area contributed by atoms with Gasteiger partial charge in [-0.25, -0.2) is 0 Å². The lowest BCUT2D eigenvalue weighted by Crippen LogP contribution is -2.46. The van der Waals surface area contributed by atoms with Crippen molar-refractivity contribution in [2.24, 2.45) is 11.8 Å². The molecule has 18 heavy (non-hydrogen) atoms. The zero-order valence-electron chi connectivity index (χ0n) is 12.9. The van der Waals surface area contributed by atoms with Crippen molar-refractivity contribution in [2.75, 3.05) is 26.2 Å². The summed E-state index contributed by atoms with van der Waals surface area (Å²) < 4.78 is 0. The second kappa shape index (κ2) is 6.38. The molecule has 0 N–H and O–H groups in total. The molecule has 1 atom stereocenters. The van der Waals surface area contributed by atoms with Crippen LogP contribution in [0.5, 0.6) is 0 Å². The number of hydrogen-bond acceptors (Lipinski definition) is 2. The molecule has 106 valence electrons. The van der Waals surface area contributed by atoms with Gasteiger partial charge in [-0.15, -0.1) is 0 Å². The van der Waals surface area contributed by atoms with Gasteiger partial charge in [-0.3, -0.25) is 4.90 Å². The number of piperidine rings is 1. The first-order valence-corrected chi connectivity index (χ1v) is 8.06. The maximum absolute atomic E-state index is 2.73. The smallest absolute Gasteiger partial charge is 0.0226 e. The highest BCUT2D eigenvalue weighted by molar-refractivity contribution is 4.85. The molecule has 2 nitrogen and oxygen atoms in total. The van der Waals surface area contributed by atoms with Gasteiger partial charge in [0.25, 0.3) is 0 Å². The molecule has 2 aliphatic heterocycles. The third-order valence-corrected chi connectivity index (χ3v) is 5.13. The average molecular weight is 252 g/mol. The fourth-order valence-corrected chi connectivity index (χ4v) is 3.83. The van der Waals surface area contributed by atoms with Crippen LogP contribution >= 0.6 is 0 Å². The Morgan fingerprint density at radius 3 is 2.17 bits per heavy atom. The van der Waals surface area contributed by atoms with E-state index < -0.39 is 0 Å². The molecule has 0 amide bonds. The fraction of sp³-hybridized carbons (Fsp3) is 1.00. The summed E-state index contributed by atoms with van der Waals surface area (Å²) in [5, 5.41) is 0. The summed E-state index contributed by atoms with van der Waals surface area (Å²) in [7, 11) is 0. The van der Waals surface area contributed by atoms with Crippen LogP contribution in [0.15, 0.2) is 0 Å². The molecule has 0 saturated carbocycles. The van der Waals surface area contributed by atoms with Crippen LogP contribution in [0.2, 0.25) is 0 Å². The fourth-order valence-electron chi connectivity index (χ4n) is 3.83. The summed E-state index contributed by atoms with van der Waals surface area (Å²) in [6.45, 7) is 14.8. The Kier molecular flexibility index (Phi) is 5.08. The lowest BCUT2D eigenvalue weighted by Gasteiger charge is -2.37. The van der Waals surface area contributed by atoms with Gasteiger partial charge < -0.3 is 4.90 Å². The van der Waals surface area contributed by atoms with Crippen LogP contribution in [-0.2, 0) is 0 Å². The Balaban J connectivity index is 1.77. The first-order chi connectivity index (χ1) is 8.58. The SMILES string of the molecule is CC(C)C1CCN(CC2CCCN2C(C)C)CC1. The van der Waals surface area contributed by atoms with Crippen LogP contribution in [0, 0.1) is 11.8 Å². The van der Waals surface area contributed by atoms with E-state index in [0.29, 0.717) is 0 Å². The molecule has 2 heterocycles. The van der Waals surface area contributed by atoms with Crippen molar-refractivity contribution in [1.82, 2.24) is 9.80 Å². The number of hydrogen-bond donors (Lipinski definition) is 0. The largest absolute Gasteiger partial charge is 0.302 e. The van der Waals surface area contributed by atoms with E-state index in [1.54, 1.807) is 0 Å². The lowest BCUT2D eigenvalue weighted by atomic mass is 9.86. The number of likely N-dealkylation sites (tertiary alicyclic amines) is 2. The van der Waals surface area contributed by atoms with E-state index >= 15 is 0 Å². The summed E-state index contributed by atoms with van der Waals surface area (Å²) in [4.78, 5) is 5.44. The summed E-state index contributed by atoms with van der Waals surface area (Å²) in [6, 6.07) is 1.56. The summed E-state index contributed by atoms with van der Waals surface area (Å²) in [5.74, 6) is 1.86. The van der Waals surface area contributed by atoms with Crippen LogP contribution in [-0.4, -0.2) is 48.1 Å². The summed E-state index contributed by atoms with van der Waals surface area (Å²) in [6.07, 6.45) is 5.67. The average Bonchev–Trinajstić information content (AvgIpc) is 2.78. The Morgan fingerprint density at radius 1 is 0.944 bits per heavy atom.